The first-order valence-electron chi connectivity index (χ1n) is 7.30. The fourth-order valence-electron chi connectivity index (χ4n) is 2.25. The first-order valence-corrected chi connectivity index (χ1v) is 9.66. The molecule has 3 rings (SSSR count). The van der Waals surface area contributed by atoms with E-state index in [2.05, 4.69) is 15.0 Å². The Morgan fingerprint density at radius 3 is 2.67 bits per heavy atom. The maximum Gasteiger partial charge on any atom is 0.254 e. The second kappa shape index (κ2) is 6.31. The van der Waals surface area contributed by atoms with Crippen LogP contribution in [0.3, 0.4) is 0 Å². The zero-order valence-corrected chi connectivity index (χ0v) is 13.8. The molecule has 21 heavy (non-hydrogen) atoms. The molecule has 2 aliphatic rings. The van der Waals surface area contributed by atoms with E-state index in [9.17, 15) is 8.42 Å². The van der Waals surface area contributed by atoms with Crippen molar-refractivity contribution >= 4 is 21.4 Å². The van der Waals surface area contributed by atoms with Gasteiger partial charge in [-0.05, 0) is 26.0 Å². The van der Waals surface area contributed by atoms with E-state index in [0.29, 0.717) is 10.9 Å². The molecule has 0 aromatic carbocycles. The van der Waals surface area contributed by atoms with Gasteiger partial charge >= 0.3 is 0 Å². The van der Waals surface area contributed by atoms with Gasteiger partial charge in [0.15, 0.2) is 0 Å². The minimum Gasteiger partial charge on any atom is -0.309 e. The van der Waals surface area contributed by atoms with E-state index in [-0.39, 0.29) is 0 Å². The molecule has 0 bridgehead atoms. The number of hydrogen-bond donors (Lipinski definition) is 2. The smallest absolute Gasteiger partial charge is 0.254 e. The number of nitrogens with one attached hydrogen (secondary N) is 2. The number of rotatable bonds is 6. The van der Waals surface area contributed by atoms with E-state index in [1.165, 1.54) is 24.2 Å². The summed E-state index contributed by atoms with van der Waals surface area (Å²) >= 11 is 1.50. The summed E-state index contributed by atoms with van der Waals surface area (Å²) in [4.78, 5) is 6.32. The predicted octanol–water partition coefficient (Wildman–Crippen LogP) is 0.441. The van der Waals surface area contributed by atoms with Crippen LogP contribution in [-0.2, 0) is 16.6 Å². The Morgan fingerprint density at radius 2 is 2.00 bits per heavy atom. The summed E-state index contributed by atoms with van der Waals surface area (Å²) in [6.45, 7) is 3.96. The lowest BCUT2D eigenvalue weighted by Crippen LogP contribution is -2.52. The molecule has 0 radical (unpaired) electrons. The molecule has 1 aliphatic heterocycles. The summed E-state index contributed by atoms with van der Waals surface area (Å²) < 4.78 is 24.7. The molecule has 2 N–H and O–H groups in total. The average Bonchev–Trinajstić information content (AvgIpc) is 3.15. The largest absolute Gasteiger partial charge is 0.309 e. The van der Waals surface area contributed by atoms with Crippen molar-refractivity contribution in [2.24, 2.45) is 0 Å². The Bertz CT molecular complexity index is 575. The first kappa shape index (κ1) is 15.4. The number of piperazine rings is 1. The van der Waals surface area contributed by atoms with Gasteiger partial charge in [0.2, 0.25) is 0 Å². The molecule has 2 fully saturated rings. The van der Waals surface area contributed by atoms with Gasteiger partial charge in [-0.15, -0.1) is 16.2 Å². The average molecular weight is 330 g/mol. The van der Waals surface area contributed by atoms with Crippen LogP contribution < -0.4 is 10.1 Å². The summed E-state index contributed by atoms with van der Waals surface area (Å²) in [5.74, 6) is 0. The number of hydrogen-bond acceptors (Lipinski definition) is 6. The fourth-order valence-corrected chi connectivity index (χ4v) is 4.60. The van der Waals surface area contributed by atoms with Crippen molar-refractivity contribution in [1.29, 1.82) is 0 Å². The maximum absolute atomic E-state index is 12.4. The normalized spacial score (nSPS) is 21.8. The Labute approximate surface area is 130 Å². The molecule has 2 heterocycles. The zero-order valence-electron chi connectivity index (χ0n) is 12.2. The van der Waals surface area contributed by atoms with Crippen LogP contribution in [0.4, 0.5) is 0 Å². The van der Waals surface area contributed by atoms with E-state index in [1.54, 1.807) is 16.5 Å². The molecule has 0 unspecified atom stereocenters. The number of nitrogens with zero attached hydrogens (tertiary/aromatic N) is 2. The van der Waals surface area contributed by atoms with E-state index >= 15 is 0 Å². The highest BCUT2D eigenvalue weighted by atomic mass is 32.2. The minimum absolute atomic E-state index is 0.374. The van der Waals surface area contributed by atoms with Gasteiger partial charge in [0.25, 0.3) is 10.0 Å². The van der Waals surface area contributed by atoms with Gasteiger partial charge in [0.05, 0.1) is 4.90 Å². The fraction of sp³-hybridized carbons (Fsp3) is 0.692. The van der Waals surface area contributed by atoms with Gasteiger partial charge in [-0.1, -0.05) is 0 Å². The lowest BCUT2D eigenvalue weighted by atomic mass is 10.4. The van der Waals surface area contributed by atoms with Gasteiger partial charge in [-0.25, -0.2) is 13.4 Å². The third-order valence-corrected chi connectivity index (χ3v) is 6.28. The predicted molar refractivity (Wildman–Crippen MR) is 83.6 cm³/mol. The highest BCUT2D eigenvalue weighted by Gasteiger charge is 2.23. The monoisotopic (exact) mass is 330 g/mol. The second-order valence-corrected chi connectivity index (χ2v) is 8.45. The molecule has 0 spiro atoms. The van der Waals surface area contributed by atoms with Crippen LogP contribution in [-0.4, -0.2) is 57.6 Å². The van der Waals surface area contributed by atoms with Gasteiger partial charge in [-0.3, -0.25) is 0 Å². The van der Waals surface area contributed by atoms with E-state index < -0.39 is 10.0 Å². The Morgan fingerprint density at radius 1 is 1.29 bits per heavy atom. The molecule has 1 aliphatic carbocycles. The summed E-state index contributed by atoms with van der Waals surface area (Å²) in [5, 5.41) is 6.91. The van der Waals surface area contributed by atoms with Crippen LogP contribution in [0.25, 0.3) is 0 Å². The highest BCUT2D eigenvalue weighted by molar-refractivity contribution is 7.89. The standard InChI is InChI=1S/C13H22N4O2S2/c1-16-4-6-17(7-5-16)15-21(18,19)13-8-12(20-10-13)9-14-11-2-3-11/h8,10-11,14-15H,2-7,9H2,1H3. The van der Waals surface area contributed by atoms with Gasteiger partial charge < -0.3 is 10.2 Å². The molecular weight excluding hydrogens is 308 g/mol. The summed E-state index contributed by atoms with van der Waals surface area (Å²) in [5.41, 5.74) is 0. The van der Waals surface area contributed by atoms with Crippen molar-refractivity contribution in [3.63, 3.8) is 0 Å². The topological polar surface area (TPSA) is 64.7 Å². The second-order valence-electron chi connectivity index (χ2n) is 5.79. The Balaban J connectivity index is 1.58. The molecule has 1 saturated heterocycles. The van der Waals surface area contributed by atoms with Crippen LogP contribution in [0.15, 0.2) is 16.3 Å². The molecular formula is C13H22N4O2S2. The van der Waals surface area contributed by atoms with E-state index in [4.69, 9.17) is 0 Å². The van der Waals surface area contributed by atoms with Crippen molar-refractivity contribution in [1.82, 2.24) is 20.1 Å². The van der Waals surface area contributed by atoms with Crippen molar-refractivity contribution in [2.75, 3.05) is 33.2 Å². The molecule has 6 nitrogen and oxygen atoms in total. The van der Waals surface area contributed by atoms with Crippen LogP contribution in [0.5, 0.6) is 0 Å². The van der Waals surface area contributed by atoms with E-state index in [0.717, 1.165) is 37.6 Å². The SMILES string of the molecule is CN1CCN(NS(=O)(=O)c2csc(CNC3CC3)c2)CC1. The number of hydrazine groups is 1. The number of likely N-dealkylation sites (N-methyl/N-ethyl adjacent to an activating group) is 1. The number of thiophene rings is 1. The van der Waals surface area contributed by atoms with Crippen molar-refractivity contribution < 1.29 is 8.42 Å². The van der Waals surface area contributed by atoms with Crippen LogP contribution >= 0.6 is 11.3 Å². The highest BCUT2D eigenvalue weighted by Crippen LogP contribution is 2.23. The molecule has 1 aromatic rings. The van der Waals surface area contributed by atoms with Crippen LogP contribution in [0, 0.1) is 0 Å². The zero-order chi connectivity index (χ0) is 14.9. The van der Waals surface area contributed by atoms with Crippen LogP contribution in [0.1, 0.15) is 17.7 Å². The quantitative estimate of drug-likeness (QED) is 0.792. The molecule has 0 atom stereocenters. The Hall–Kier alpha value is -0.510. The molecule has 118 valence electrons. The van der Waals surface area contributed by atoms with Gasteiger partial charge in [0, 0.05) is 49.0 Å². The molecule has 0 amide bonds. The molecule has 8 heteroatoms. The molecule has 1 aromatic heterocycles. The summed E-state index contributed by atoms with van der Waals surface area (Å²) in [7, 11) is -1.39. The maximum atomic E-state index is 12.4. The molecule has 1 saturated carbocycles. The summed E-state index contributed by atoms with van der Waals surface area (Å²) in [6, 6.07) is 2.41. The van der Waals surface area contributed by atoms with E-state index in [1.807, 2.05) is 7.05 Å². The lowest BCUT2D eigenvalue weighted by Gasteiger charge is -2.31. The third kappa shape index (κ3) is 4.24. The van der Waals surface area contributed by atoms with Crippen LogP contribution in [0.2, 0.25) is 0 Å². The first-order chi connectivity index (χ1) is 10.0. The van der Waals surface area contributed by atoms with Crippen molar-refractivity contribution in [3.05, 3.63) is 16.3 Å². The lowest BCUT2D eigenvalue weighted by molar-refractivity contribution is 0.135. The Kier molecular flexibility index (Phi) is 4.63. The van der Waals surface area contributed by atoms with Gasteiger partial charge in [-0.2, -0.15) is 0 Å². The third-order valence-electron chi connectivity index (χ3n) is 3.83. The summed E-state index contributed by atoms with van der Waals surface area (Å²) in [6.07, 6.45) is 2.48. The van der Waals surface area contributed by atoms with Crippen molar-refractivity contribution in [2.45, 2.75) is 30.3 Å². The van der Waals surface area contributed by atoms with Crippen molar-refractivity contribution in [3.8, 4) is 0 Å². The van der Waals surface area contributed by atoms with Gasteiger partial charge in [0.1, 0.15) is 0 Å². The minimum atomic E-state index is -3.44. The number of sulfonamides is 1.